The van der Waals surface area contributed by atoms with Crippen LogP contribution in [0.3, 0.4) is 0 Å². The van der Waals surface area contributed by atoms with Crippen LogP contribution in [0.25, 0.3) is 0 Å². The standard InChI is InChI=1S/C15H19FO8/c1-5-6-20-15-12(16)14(23-10(4)19)13(22-9(3)18)11(24-15)7-21-8(2)17/h1,11-15H,6-7H2,2-4H3/t11-,12-,13-,14-,15?/m1/s1. The molecule has 0 N–H and O–H groups in total. The Balaban J connectivity index is 3.04. The molecule has 134 valence electrons. The van der Waals surface area contributed by atoms with Gasteiger partial charge >= 0.3 is 17.9 Å². The summed E-state index contributed by atoms with van der Waals surface area (Å²) in [5.74, 6) is -0.000416. The quantitative estimate of drug-likeness (QED) is 0.380. The van der Waals surface area contributed by atoms with E-state index in [2.05, 4.69) is 5.92 Å². The molecule has 24 heavy (non-hydrogen) atoms. The molecule has 0 spiro atoms. The fourth-order valence-electron chi connectivity index (χ4n) is 2.13. The van der Waals surface area contributed by atoms with E-state index in [1.165, 1.54) is 0 Å². The van der Waals surface area contributed by atoms with E-state index in [-0.39, 0.29) is 13.2 Å². The van der Waals surface area contributed by atoms with Crippen LogP contribution in [-0.2, 0) is 38.1 Å². The van der Waals surface area contributed by atoms with Crippen LogP contribution in [0.15, 0.2) is 0 Å². The first kappa shape index (κ1) is 19.9. The van der Waals surface area contributed by atoms with Crippen molar-refractivity contribution in [1.29, 1.82) is 0 Å². The van der Waals surface area contributed by atoms with Gasteiger partial charge in [0.25, 0.3) is 0 Å². The number of carbonyl (C=O) groups excluding carboxylic acids is 3. The Kier molecular flexibility index (Phi) is 7.61. The molecule has 0 aromatic rings. The molecule has 1 rings (SSSR count). The molecule has 1 fully saturated rings. The predicted molar refractivity (Wildman–Crippen MR) is 76.1 cm³/mol. The van der Waals surface area contributed by atoms with Crippen LogP contribution in [0, 0.1) is 12.3 Å². The van der Waals surface area contributed by atoms with Gasteiger partial charge in [0.15, 0.2) is 24.7 Å². The zero-order chi connectivity index (χ0) is 18.3. The Morgan fingerprint density at radius 2 is 1.67 bits per heavy atom. The summed E-state index contributed by atoms with van der Waals surface area (Å²) < 4.78 is 39.7. The van der Waals surface area contributed by atoms with Gasteiger partial charge in [0.05, 0.1) is 0 Å². The number of ether oxygens (including phenoxy) is 5. The summed E-state index contributed by atoms with van der Waals surface area (Å²) in [6.07, 6.45) is -2.29. The van der Waals surface area contributed by atoms with Crippen molar-refractivity contribution in [2.45, 2.75) is 51.5 Å². The summed E-state index contributed by atoms with van der Waals surface area (Å²) in [4.78, 5) is 33.5. The van der Waals surface area contributed by atoms with E-state index >= 15 is 0 Å². The van der Waals surface area contributed by atoms with Gasteiger partial charge in [-0.1, -0.05) is 5.92 Å². The van der Waals surface area contributed by atoms with Crippen LogP contribution < -0.4 is 0 Å². The maximum Gasteiger partial charge on any atom is 0.303 e. The van der Waals surface area contributed by atoms with E-state index < -0.39 is 48.7 Å². The lowest BCUT2D eigenvalue weighted by Crippen LogP contribution is -2.60. The van der Waals surface area contributed by atoms with Crippen LogP contribution in [0.1, 0.15) is 20.8 Å². The fraction of sp³-hybridized carbons (Fsp3) is 0.667. The lowest BCUT2D eigenvalue weighted by atomic mass is 9.99. The molecule has 0 aliphatic carbocycles. The van der Waals surface area contributed by atoms with Crippen molar-refractivity contribution in [3.05, 3.63) is 0 Å². The Morgan fingerprint density at radius 3 is 2.17 bits per heavy atom. The van der Waals surface area contributed by atoms with E-state index in [1.54, 1.807) is 0 Å². The summed E-state index contributed by atoms with van der Waals surface area (Å²) in [5, 5.41) is 0. The van der Waals surface area contributed by atoms with Crippen LogP contribution in [0.5, 0.6) is 0 Å². The zero-order valence-electron chi connectivity index (χ0n) is 13.5. The summed E-state index contributed by atoms with van der Waals surface area (Å²) in [6, 6.07) is 0. The van der Waals surface area contributed by atoms with Crippen molar-refractivity contribution < 1.29 is 42.5 Å². The largest absolute Gasteiger partial charge is 0.463 e. The smallest absolute Gasteiger partial charge is 0.303 e. The SMILES string of the molecule is C#CCOC1O[C@H](COC(C)=O)[C@@H](OC(C)=O)[C@H](OC(C)=O)[C@H]1F. The van der Waals surface area contributed by atoms with E-state index in [1.807, 2.05) is 0 Å². The Morgan fingerprint density at radius 1 is 1.08 bits per heavy atom. The van der Waals surface area contributed by atoms with Crippen LogP contribution in [0.4, 0.5) is 4.39 Å². The minimum atomic E-state index is -1.96. The molecule has 1 unspecified atom stereocenters. The molecule has 0 bridgehead atoms. The monoisotopic (exact) mass is 346 g/mol. The fourth-order valence-corrected chi connectivity index (χ4v) is 2.13. The normalized spacial score (nSPS) is 29.2. The molecule has 8 nitrogen and oxygen atoms in total. The van der Waals surface area contributed by atoms with Gasteiger partial charge in [0, 0.05) is 20.8 Å². The number of esters is 3. The van der Waals surface area contributed by atoms with Gasteiger partial charge in [0.1, 0.15) is 19.3 Å². The van der Waals surface area contributed by atoms with Crippen LogP contribution in [-0.4, -0.2) is 61.9 Å². The van der Waals surface area contributed by atoms with Gasteiger partial charge in [-0.05, 0) is 0 Å². The molecule has 1 saturated heterocycles. The molecule has 1 heterocycles. The average molecular weight is 346 g/mol. The average Bonchev–Trinajstić information content (AvgIpc) is 2.48. The zero-order valence-corrected chi connectivity index (χ0v) is 13.5. The van der Waals surface area contributed by atoms with E-state index in [9.17, 15) is 18.8 Å². The van der Waals surface area contributed by atoms with Crippen molar-refractivity contribution >= 4 is 17.9 Å². The number of rotatable bonds is 6. The molecule has 0 amide bonds. The molecule has 0 aromatic heterocycles. The number of halogens is 1. The molecule has 0 aromatic carbocycles. The number of alkyl halides is 1. The number of hydrogen-bond acceptors (Lipinski definition) is 8. The maximum absolute atomic E-state index is 14.6. The van der Waals surface area contributed by atoms with E-state index in [0.29, 0.717) is 0 Å². The molecule has 5 atom stereocenters. The van der Waals surface area contributed by atoms with Crippen molar-refractivity contribution in [3.63, 3.8) is 0 Å². The highest BCUT2D eigenvalue weighted by Gasteiger charge is 2.51. The third kappa shape index (κ3) is 5.79. The summed E-state index contributed by atoms with van der Waals surface area (Å²) in [7, 11) is 0. The van der Waals surface area contributed by atoms with Crippen molar-refractivity contribution in [3.8, 4) is 12.3 Å². The Hall–Kier alpha value is -2.18. The predicted octanol–water partition coefficient (Wildman–Crippen LogP) is 0.126. The Labute approximate surface area is 138 Å². The van der Waals surface area contributed by atoms with E-state index in [0.717, 1.165) is 20.8 Å². The van der Waals surface area contributed by atoms with E-state index in [4.69, 9.17) is 30.1 Å². The first-order chi connectivity index (χ1) is 11.3. The van der Waals surface area contributed by atoms with Gasteiger partial charge in [0.2, 0.25) is 0 Å². The maximum atomic E-state index is 14.6. The third-order valence-corrected chi connectivity index (χ3v) is 2.96. The van der Waals surface area contributed by atoms with Gasteiger partial charge in [-0.3, -0.25) is 14.4 Å². The molecule has 9 heteroatoms. The minimum Gasteiger partial charge on any atom is -0.463 e. The summed E-state index contributed by atoms with van der Waals surface area (Å²) >= 11 is 0. The van der Waals surface area contributed by atoms with Gasteiger partial charge < -0.3 is 23.7 Å². The first-order valence-electron chi connectivity index (χ1n) is 7.08. The minimum absolute atomic E-state index is 0.254. The second-order valence-corrected chi connectivity index (χ2v) is 4.95. The lowest BCUT2D eigenvalue weighted by molar-refractivity contribution is -0.289. The second-order valence-electron chi connectivity index (χ2n) is 4.95. The number of carbonyl (C=O) groups is 3. The third-order valence-electron chi connectivity index (χ3n) is 2.96. The molecular weight excluding hydrogens is 327 g/mol. The molecule has 0 radical (unpaired) electrons. The van der Waals surface area contributed by atoms with Crippen molar-refractivity contribution in [1.82, 2.24) is 0 Å². The van der Waals surface area contributed by atoms with Crippen molar-refractivity contribution in [2.75, 3.05) is 13.2 Å². The molecule has 0 saturated carbocycles. The first-order valence-corrected chi connectivity index (χ1v) is 7.08. The lowest BCUT2D eigenvalue weighted by Gasteiger charge is -2.41. The van der Waals surface area contributed by atoms with Crippen LogP contribution >= 0.6 is 0 Å². The number of hydrogen-bond donors (Lipinski definition) is 0. The second kappa shape index (κ2) is 9.20. The van der Waals surface area contributed by atoms with Crippen molar-refractivity contribution in [2.24, 2.45) is 0 Å². The Bertz CT molecular complexity index is 514. The summed E-state index contributed by atoms with van der Waals surface area (Å²) in [5.41, 5.74) is 0. The van der Waals surface area contributed by atoms with Gasteiger partial charge in [-0.25, -0.2) is 4.39 Å². The topological polar surface area (TPSA) is 97.4 Å². The highest BCUT2D eigenvalue weighted by atomic mass is 19.1. The highest BCUT2D eigenvalue weighted by molar-refractivity contribution is 5.67. The van der Waals surface area contributed by atoms with Crippen LogP contribution in [0.2, 0.25) is 0 Å². The summed E-state index contributed by atoms with van der Waals surface area (Å²) in [6.45, 7) is 2.73. The molecule has 1 aliphatic heterocycles. The highest BCUT2D eigenvalue weighted by Crippen LogP contribution is 2.29. The van der Waals surface area contributed by atoms with Gasteiger partial charge in [-0.15, -0.1) is 6.42 Å². The molecular formula is C15H19FO8. The van der Waals surface area contributed by atoms with Gasteiger partial charge in [-0.2, -0.15) is 0 Å². The molecule has 1 aliphatic rings. The number of terminal acetylenes is 1.